The number of alkyl halides is 3. The van der Waals surface area contributed by atoms with Crippen molar-refractivity contribution in [2.24, 2.45) is 5.92 Å². The van der Waals surface area contributed by atoms with Gasteiger partial charge < -0.3 is 14.7 Å². The Morgan fingerprint density at radius 1 is 1.00 bits per heavy atom. The molecule has 2 unspecified atom stereocenters. The van der Waals surface area contributed by atoms with E-state index in [9.17, 15) is 18.0 Å². The number of halogens is 4. The standard InChI is InChI=1S/C24H25ClF3N3O/c25-18-4-3-5-19(14-18)30-10-11-31-21-7-6-17(24(26,27)28)12-16(21)13-20(22(31)15-30)23(32)29-8-1-2-9-29/h3-7,12,14,20,22H,1-2,8-11,13,15H2. The van der Waals surface area contributed by atoms with E-state index in [0.29, 0.717) is 36.6 Å². The molecule has 0 aliphatic carbocycles. The molecule has 3 heterocycles. The molecule has 8 heteroatoms. The molecule has 0 saturated carbocycles. The second-order valence-corrected chi connectivity index (χ2v) is 9.31. The van der Waals surface area contributed by atoms with E-state index < -0.39 is 11.7 Å². The van der Waals surface area contributed by atoms with Crippen LogP contribution in [0.25, 0.3) is 0 Å². The Hall–Kier alpha value is -2.41. The zero-order chi connectivity index (χ0) is 22.5. The molecule has 5 rings (SSSR count). The summed E-state index contributed by atoms with van der Waals surface area (Å²) in [5.74, 6) is -0.306. The lowest BCUT2D eigenvalue weighted by atomic mass is 9.82. The van der Waals surface area contributed by atoms with Gasteiger partial charge in [-0.1, -0.05) is 17.7 Å². The Kier molecular flexibility index (Phi) is 5.48. The Bertz CT molecular complexity index is 1020. The van der Waals surface area contributed by atoms with Crippen molar-refractivity contribution in [1.82, 2.24) is 4.90 Å². The van der Waals surface area contributed by atoms with Gasteiger partial charge in [-0.25, -0.2) is 0 Å². The molecule has 2 saturated heterocycles. The van der Waals surface area contributed by atoms with Gasteiger partial charge in [-0.2, -0.15) is 13.2 Å². The normalized spacial score (nSPS) is 23.2. The smallest absolute Gasteiger partial charge is 0.368 e. The van der Waals surface area contributed by atoms with Crippen LogP contribution in [-0.2, 0) is 17.4 Å². The summed E-state index contributed by atoms with van der Waals surface area (Å²) in [7, 11) is 0. The van der Waals surface area contributed by atoms with Crippen LogP contribution in [0.2, 0.25) is 5.02 Å². The van der Waals surface area contributed by atoms with E-state index in [0.717, 1.165) is 43.4 Å². The summed E-state index contributed by atoms with van der Waals surface area (Å²) >= 11 is 6.20. The molecular formula is C24H25ClF3N3O. The van der Waals surface area contributed by atoms with Crippen LogP contribution in [0.4, 0.5) is 24.5 Å². The summed E-state index contributed by atoms with van der Waals surface area (Å²) in [5, 5.41) is 0.656. The average Bonchev–Trinajstić information content (AvgIpc) is 3.31. The van der Waals surface area contributed by atoms with Crippen molar-refractivity contribution >= 4 is 28.9 Å². The Morgan fingerprint density at radius 2 is 1.78 bits per heavy atom. The summed E-state index contributed by atoms with van der Waals surface area (Å²) in [4.78, 5) is 19.8. The number of carbonyl (C=O) groups is 1. The number of rotatable bonds is 2. The minimum atomic E-state index is -4.40. The van der Waals surface area contributed by atoms with E-state index in [2.05, 4.69) is 9.80 Å². The molecule has 0 radical (unpaired) electrons. The van der Waals surface area contributed by atoms with Gasteiger partial charge in [0.05, 0.1) is 17.5 Å². The van der Waals surface area contributed by atoms with Crippen molar-refractivity contribution in [3.05, 3.63) is 58.6 Å². The number of likely N-dealkylation sites (tertiary alicyclic amines) is 1. The van der Waals surface area contributed by atoms with E-state index in [4.69, 9.17) is 11.6 Å². The Balaban J connectivity index is 1.50. The van der Waals surface area contributed by atoms with Gasteiger partial charge in [0.25, 0.3) is 0 Å². The summed E-state index contributed by atoms with van der Waals surface area (Å²) in [6, 6.07) is 11.5. The van der Waals surface area contributed by atoms with Crippen molar-refractivity contribution in [2.75, 3.05) is 42.5 Å². The van der Waals surface area contributed by atoms with Crippen molar-refractivity contribution in [1.29, 1.82) is 0 Å². The molecule has 0 spiro atoms. The van der Waals surface area contributed by atoms with Crippen molar-refractivity contribution < 1.29 is 18.0 Å². The largest absolute Gasteiger partial charge is 0.416 e. The summed E-state index contributed by atoms with van der Waals surface area (Å²) < 4.78 is 40.1. The van der Waals surface area contributed by atoms with Crippen molar-refractivity contribution in [3.8, 4) is 0 Å². The lowest BCUT2D eigenvalue weighted by molar-refractivity contribution is -0.137. The molecule has 170 valence electrons. The first-order valence-electron chi connectivity index (χ1n) is 11.1. The maximum Gasteiger partial charge on any atom is 0.416 e. The molecule has 32 heavy (non-hydrogen) atoms. The lowest BCUT2D eigenvalue weighted by Crippen LogP contribution is -2.61. The van der Waals surface area contributed by atoms with Crippen LogP contribution in [0.1, 0.15) is 24.0 Å². The highest BCUT2D eigenvalue weighted by Crippen LogP contribution is 2.41. The molecule has 1 amide bonds. The number of hydrogen-bond acceptors (Lipinski definition) is 3. The van der Waals surface area contributed by atoms with Gasteiger partial charge in [0.2, 0.25) is 5.91 Å². The number of hydrogen-bond donors (Lipinski definition) is 0. The van der Waals surface area contributed by atoms with Crippen molar-refractivity contribution in [2.45, 2.75) is 31.5 Å². The minimum Gasteiger partial charge on any atom is -0.368 e. The van der Waals surface area contributed by atoms with Gasteiger partial charge in [-0.3, -0.25) is 4.79 Å². The Labute approximate surface area is 190 Å². The zero-order valence-corrected chi connectivity index (χ0v) is 18.4. The molecule has 0 N–H and O–H groups in total. The van der Waals surface area contributed by atoms with Crippen LogP contribution in [0.5, 0.6) is 0 Å². The van der Waals surface area contributed by atoms with Gasteiger partial charge in [-0.15, -0.1) is 0 Å². The first kappa shape index (κ1) is 21.4. The number of benzene rings is 2. The van der Waals surface area contributed by atoms with E-state index >= 15 is 0 Å². The SMILES string of the molecule is O=C(C1Cc2cc(C(F)(F)F)ccc2N2CCN(c3cccc(Cl)c3)CC12)N1CCCC1. The molecular weight excluding hydrogens is 439 g/mol. The number of amides is 1. The van der Waals surface area contributed by atoms with Crippen LogP contribution >= 0.6 is 11.6 Å². The molecule has 2 fully saturated rings. The predicted molar refractivity (Wildman–Crippen MR) is 119 cm³/mol. The number of nitrogens with zero attached hydrogens (tertiary/aromatic N) is 3. The molecule has 2 aromatic carbocycles. The van der Waals surface area contributed by atoms with Gasteiger partial charge in [0.1, 0.15) is 0 Å². The third kappa shape index (κ3) is 3.91. The van der Waals surface area contributed by atoms with Gasteiger partial charge in [-0.05, 0) is 61.2 Å². The van der Waals surface area contributed by atoms with Crippen LogP contribution in [0.15, 0.2) is 42.5 Å². The minimum absolute atomic E-state index is 0.0634. The summed E-state index contributed by atoms with van der Waals surface area (Å²) in [6.45, 7) is 3.44. The fourth-order valence-corrected chi connectivity index (χ4v) is 5.55. The first-order valence-corrected chi connectivity index (χ1v) is 11.4. The molecule has 0 aromatic heterocycles. The Morgan fingerprint density at radius 3 is 2.50 bits per heavy atom. The topological polar surface area (TPSA) is 26.8 Å². The van der Waals surface area contributed by atoms with E-state index in [1.165, 1.54) is 6.07 Å². The molecule has 3 aliphatic rings. The van der Waals surface area contributed by atoms with Gasteiger partial charge in [0.15, 0.2) is 0 Å². The number of piperazine rings is 1. The molecule has 3 aliphatic heterocycles. The fraction of sp³-hybridized carbons (Fsp3) is 0.458. The van der Waals surface area contributed by atoms with Crippen molar-refractivity contribution in [3.63, 3.8) is 0 Å². The predicted octanol–water partition coefficient (Wildman–Crippen LogP) is 4.85. The second kappa shape index (κ2) is 8.18. The van der Waals surface area contributed by atoms with Crippen LogP contribution in [-0.4, -0.2) is 49.6 Å². The van der Waals surface area contributed by atoms with E-state index in [-0.39, 0.29) is 17.9 Å². The third-order valence-electron chi connectivity index (χ3n) is 6.95. The quantitative estimate of drug-likeness (QED) is 0.637. The third-order valence-corrected chi connectivity index (χ3v) is 7.18. The zero-order valence-electron chi connectivity index (χ0n) is 17.6. The monoisotopic (exact) mass is 463 g/mol. The van der Waals surface area contributed by atoms with Crippen LogP contribution in [0, 0.1) is 5.92 Å². The summed E-state index contributed by atoms with van der Waals surface area (Å²) in [5.41, 5.74) is 1.78. The van der Waals surface area contributed by atoms with E-state index in [1.54, 1.807) is 6.07 Å². The highest BCUT2D eigenvalue weighted by Gasteiger charge is 2.44. The fourth-order valence-electron chi connectivity index (χ4n) is 5.36. The van der Waals surface area contributed by atoms with Crippen LogP contribution < -0.4 is 9.80 Å². The maximum atomic E-state index is 13.5. The highest BCUT2D eigenvalue weighted by molar-refractivity contribution is 6.30. The lowest BCUT2D eigenvalue weighted by Gasteiger charge is -2.50. The van der Waals surface area contributed by atoms with Crippen LogP contribution in [0.3, 0.4) is 0 Å². The molecule has 4 nitrogen and oxygen atoms in total. The number of anilines is 2. The maximum absolute atomic E-state index is 13.5. The average molecular weight is 464 g/mol. The molecule has 0 bridgehead atoms. The molecule has 2 aromatic rings. The van der Waals surface area contributed by atoms with Gasteiger partial charge in [0, 0.05) is 49.1 Å². The highest BCUT2D eigenvalue weighted by atomic mass is 35.5. The number of fused-ring (bicyclic) bond motifs is 3. The molecule has 2 atom stereocenters. The number of carbonyl (C=O) groups excluding carboxylic acids is 1. The van der Waals surface area contributed by atoms with Gasteiger partial charge >= 0.3 is 6.18 Å². The van der Waals surface area contributed by atoms with E-state index in [1.807, 2.05) is 29.2 Å². The second-order valence-electron chi connectivity index (χ2n) is 8.87. The summed E-state index contributed by atoms with van der Waals surface area (Å²) in [6.07, 6.45) is -2.10. The first-order chi connectivity index (χ1) is 15.3.